The molecule has 0 aromatic carbocycles. The van der Waals surface area contributed by atoms with Crippen LogP contribution in [0.1, 0.15) is 68.8 Å². The van der Waals surface area contributed by atoms with Crippen LogP contribution in [0, 0.1) is 19.3 Å². The predicted octanol–water partition coefficient (Wildman–Crippen LogP) is 3.45. The number of carbonyl (C=O) groups excluding carboxylic acids is 2. The van der Waals surface area contributed by atoms with E-state index in [2.05, 4.69) is 51.0 Å². The van der Waals surface area contributed by atoms with Crippen LogP contribution >= 0.6 is 0 Å². The fraction of sp³-hybridized carbons (Fsp3) is 0.714. The molecule has 0 saturated carbocycles. The van der Waals surface area contributed by atoms with Crippen LogP contribution in [-0.2, 0) is 4.79 Å². The first-order valence-electron chi connectivity index (χ1n) is 9.71. The zero-order valence-electron chi connectivity index (χ0n) is 17.6. The number of hydrogen-bond donors (Lipinski definition) is 0. The van der Waals surface area contributed by atoms with Gasteiger partial charge in [-0.15, -0.1) is 0 Å². The third-order valence-corrected chi connectivity index (χ3v) is 5.07. The number of Topliss-reactive ketones (excluding diaryl/α,β-unsaturated/α-hetero) is 1. The Labute approximate surface area is 158 Å². The molecule has 0 bridgehead atoms. The van der Waals surface area contributed by atoms with E-state index in [4.69, 9.17) is 0 Å². The first-order valence-corrected chi connectivity index (χ1v) is 9.71. The molecule has 1 aliphatic rings. The van der Waals surface area contributed by atoms with Gasteiger partial charge in [0.2, 0.25) is 5.91 Å². The van der Waals surface area contributed by atoms with Gasteiger partial charge in [0.05, 0.1) is 6.54 Å². The van der Waals surface area contributed by atoms with Crippen molar-refractivity contribution < 1.29 is 9.59 Å². The van der Waals surface area contributed by atoms with Gasteiger partial charge in [-0.3, -0.25) is 14.5 Å². The van der Waals surface area contributed by atoms with E-state index in [-0.39, 0.29) is 17.1 Å². The molecule has 1 amide bonds. The molecule has 1 saturated heterocycles. The molecule has 1 aliphatic heterocycles. The summed E-state index contributed by atoms with van der Waals surface area (Å²) in [7, 11) is 0. The number of ketones is 1. The molecule has 0 atom stereocenters. The molecule has 0 aliphatic carbocycles. The molecule has 2 rings (SSSR count). The number of rotatable bonds is 5. The predicted molar refractivity (Wildman–Crippen MR) is 106 cm³/mol. The summed E-state index contributed by atoms with van der Waals surface area (Å²) in [5.41, 5.74) is 3.05. The highest BCUT2D eigenvalue weighted by Gasteiger charge is 2.26. The van der Waals surface area contributed by atoms with Crippen LogP contribution in [0.25, 0.3) is 0 Å². The average molecular weight is 362 g/mol. The summed E-state index contributed by atoms with van der Waals surface area (Å²) in [6.45, 7) is 18.0. The molecule has 1 fully saturated rings. The number of amides is 1. The fourth-order valence-electron chi connectivity index (χ4n) is 3.86. The van der Waals surface area contributed by atoms with Gasteiger partial charge in [-0.05, 0) is 39.2 Å². The minimum atomic E-state index is 0.0170. The maximum Gasteiger partial charge on any atom is 0.223 e. The van der Waals surface area contributed by atoms with Gasteiger partial charge in [0, 0.05) is 55.6 Å². The van der Waals surface area contributed by atoms with Gasteiger partial charge < -0.3 is 9.47 Å². The SMILES string of the molecule is Cc1cc(C(=O)CN2CCN(C(=O)CC(C)(C)C)CC2)c(C)n1C(C)C. The molecule has 0 spiro atoms. The minimum absolute atomic E-state index is 0.0170. The van der Waals surface area contributed by atoms with Crippen molar-refractivity contribution in [2.75, 3.05) is 32.7 Å². The zero-order valence-corrected chi connectivity index (χ0v) is 17.6. The Morgan fingerprint density at radius 3 is 2.12 bits per heavy atom. The number of aryl methyl sites for hydroxylation is 1. The van der Waals surface area contributed by atoms with Crippen LogP contribution in [0.4, 0.5) is 0 Å². The topological polar surface area (TPSA) is 45.6 Å². The van der Waals surface area contributed by atoms with Crippen molar-refractivity contribution in [2.45, 2.75) is 60.9 Å². The van der Waals surface area contributed by atoms with E-state index in [1.807, 2.05) is 17.9 Å². The van der Waals surface area contributed by atoms with Crippen LogP contribution in [0.5, 0.6) is 0 Å². The highest BCUT2D eigenvalue weighted by molar-refractivity contribution is 5.99. The first-order chi connectivity index (χ1) is 12.0. The van der Waals surface area contributed by atoms with E-state index in [1.54, 1.807) is 0 Å². The van der Waals surface area contributed by atoms with Crippen LogP contribution in [0.2, 0.25) is 0 Å². The number of aromatic nitrogens is 1. The second-order valence-corrected chi connectivity index (χ2v) is 9.07. The zero-order chi connectivity index (χ0) is 19.6. The number of hydrogen-bond acceptors (Lipinski definition) is 3. The Balaban J connectivity index is 1.93. The molecular formula is C21H35N3O2. The lowest BCUT2D eigenvalue weighted by molar-refractivity contribution is -0.134. The third kappa shape index (κ3) is 4.97. The van der Waals surface area contributed by atoms with Crippen LogP contribution in [-0.4, -0.2) is 58.8 Å². The van der Waals surface area contributed by atoms with Crippen molar-refractivity contribution >= 4 is 11.7 Å². The molecule has 1 aromatic rings. The van der Waals surface area contributed by atoms with E-state index < -0.39 is 0 Å². The summed E-state index contributed by atoms with van der Waals surface area (Å²) in [5, 5.41) is 0. The van der Waals surface area contributed by atoms with Crippen molar-refractivity contribution in [3.05, 3.63) is 23.0 Å². The van der Waals surface area contributed by atoms with Gasteiger partial charge in [0.1, 0.15) is 0 Å². The second-order valence-electron chi connectivity index (χ2n) is 9.07. The molecule has 146 valence electrons. The number of nitrogens with zero attached hydrogens (tertiary/aromatic N) is 3. The smallest absolute Gasteiger partial charge is 0.223 e. The summed E-state index contributed by atoms with van der Waals surface area (Å²) in [6.07, 6.45) is 0.577. The quantitative estimate of drug-likeness (QED) is 0.755. The molecule has 0 radical (unpaired) electrons. The highest BCUT2D eigenvalue weighted by Crippen LogP contribution is 2.22. The number of piperazine rings is 1. The fourth-order valence-corrected chi connectivity index (χ4v) is 3.86. The molecule has 1 aromatic heterocycles. The van der Waals surface area contributed by atoms with Crippen LogP contribution in [0.3, 0.4) is 0 Å². The largest absolute Gasteiger partial charge is 0.346 e. The molecule has 0 N–H and O–H groups in total. The third-order valence-electron chi connectivity index (χ3n) is 5.07. The number of carbonyl (C=O) groups is 2. The summed E-state index contributed by atoms with van der Waals surface area (Å²) in [4.78, 5) is 29.3. The standard InChI is InChI=1S/C21H35N3O2/c1-15(2)24-16(3)12-18(17(24)4)19(25)14-22-8-10-23(11-9-22)20(26)13-21(5,6)7/h12,15H,8-11,13-14H2,1-7H3. The van der Waals surface area contributed by atoms with Gasteiger partial charge in [-0.2, -0.15) is 0 Å². The van der Waals surface area contributed by atoms with Gasteiger partial charge in [-0.25, -0.2) is 0 Å². The lowest BCUT2D eigenvalue weighted by Crippen LogP contribution is -2.50. The van der Waals surface area contributed by atoms with E-state index in [0.717, 1.165) is 30.0 Å². The maximum absolute atomic E-state index is 12.8. The van der Waals surface area contributed by atoms with Crippen LogP contribution < -0.4 is 0 Å². The Morgan fingerprint density at radius 1 is 1.08 bits per heavy atom. The molecule has 26 heavy (non-hydrogen) atoms. The average Bonchev–Trinajstić information content (AvgIpc) is 2.81. The Kier molecular flexibility index (Phi) is 6.33. The maximum atomic E-state index is 12.8. The van der Waals surface area contributed by atoms with Gasteiger partial charge >= 0.3 is 0 Å². The van der Waals surface area contributed by atoms with Crippen molar-refractivity contribution in [1.82, 2.24) is 14.4 Å². The molecule has 5 heteroatoms. The Hall–Kier alpha value is -1.62. The first kappa shape index (κ1) is 20.7. The lowest BCUT2D eigenvalue weighted by Gasteiger charge is -2.35. The van der Waals surface area contributed by atoms with Gasteiger partial charge in [-0.1, -0.05) is 20.8 Å². The lowest BCUT2D eigenvalue weighted by atomic mass is 9.91. The second kappa shape index (κ2) is 7.95. The molecular weight excluding hydrogens is 326 g/mol. The molecule has 5 nitrogen and oxygen atoms in total. The summed E-state index contributed by atoms with van der Waals surface area (Å²) < 4.78 is 2.22. The highest BCUT2D eigenvalue weighted by atomic mass is 16.2. The summed E-state index contributed by atoms with van der Waals surface area (Å²) >= 11 is 0. The molecule has 0 unspecified atom stereocenters. The molecule has 2 heterocycles. The van der Waals surface area contributed by atoms with E-state index in [1.165, 1.54) is 0 Å². The van der Waals surface area contributed by atoms with Crippen LogP contribution in [0.15, 0.2) is 6.07 Å². The van der Waals surface area contributed by atoms with Crippen molar-refractivity contribution in [1.29, 1.82) is 0 Å². The van der Waals surface area contributed by atoms with E-state index >= 15 is 0 Å². The Bertz CT molecular complexity index is 660. The van der Waals surface area contributed by atoms with Crippen molar-refractivity contribution in [2.24, 2.45) is 5.41 Å². The van der Waals surface area contributed by atoms with Gasteiger partial charge in [0.25, 0.3) is 0 Å². The Morgan fingerprint density at radius 2 is 1.65 bits per heavy atom. The normalized spacial score (nSPS) is 16.4. The summed E-state index contributed by atoms with van der Waals surface area (Å²) in [5.74, 6) is 0.406. The van der Waals surface area contributed by atoms with Crippen molar-refractivity contribution in [3.63, 3.8) is 0 Å². The van der Waals surface area contributed by atoms with Crippen molar-refractivity contribution in [3.8, 4) is 0 Å². The van der Waals surface area contributed by atoms with Gasteiger partial charge in [0.15, 0.2) is 5.78 Å². The minimum Gasteiger partial charge on any atom is -0.346 e. The summed E-state index contributed by atoms with van der Waals surface area (Å²) in [6, 6.07) is 2.37. The van der Waals surface area contributed by atoms with E-state index in [9.17, 15) is 9.59 Å². The monoisotopic (exact) mass is 361 g/mol. The van der Waals surface area contributed by atoms with E-state index in [0.29, 0.717) is 32.1 Å².